The fourth-order valence-corrected chi connectivity index (χ4v) is 10.4. The first kappa shape index (κ1) is 26.8. The summed E-state index contributed by atoms with van der Waals surface area (Å²) >= 11 is 2.46. The van der Waals surface area contributed by atoms with Crippen LogP contribution in [0.1, 0.15) is 28.3 Å². The molecule has 1 saturated heterocycles. The Morgan fingerprint density at radius 3 is 2.52 bits per heavy atom. The van der Waals surface area contributed by atoms with Gasteiger partial charge in [-0.2, -0.15) is 0 Å². The number of nitrogens with one attached hydrogen (secondary N) is 1. The molecule has 4 aliphatic rings. The number of imide groups is 1. The molecule has 216 valence electrons. The number of aromatic nitrogens is 1. The number of likely N-dealkylation sites (tertiary alicyclic amines) is 1. The van der Waals surface area contributed by atoms with Crippen LogP contribution in [0, 0.1) is 45.5 Å². The zero-order chi connectivity index (χ0) is 29.4. The third-order valence-electron chi connectivity index (χ3n) is 8.96. The molecule has 2 aliphatic carbocycles. The zero-order valence-corrected chi connectivity index (χ0v) is 23.2. The Bertz CT molecular complexity index is 1720. The molecule has 2 aliphatic heterocycles. The van der Waals surface area contributed by atoms with Gasteiger partial charge < -0.3 is 14.8 Å². The number of halogens is 1. The quantitative estimate of drug-likeness (QED) is 0.231. The summed E-state index contributed by atoms with van der Waals surface area (Å²) in [7, 11) is 0. The maximum Gasteiger partial charge on any atom is 0.323 e. The summed E-state index contributed by atoms with van der Waals surface area (Å²) in [5, 5.41) is 21.6. The van der Waals surface area contributed by atoms with E-state index in [1.54, 1.807) is 12.1 Å². The number of carboxylic acid groups (broad SMARTS) is 1. The lowest BCUT2D eigenvalue weighted by Gasteiger charge is -2.43. The minimum absolute atomic E-state index is 0.0603. The first-order valence-electron chi connectivity index (χ1n) is 13.2. The summed E-state index contributed by atoms with van der Waals surface area (Å²) in [6, 6.07) is 10.0. The number of thiazole rings is 1. The van der Waals surface area contributed by atoms with Crippen molar-refractivity contribution in [3.05, 3.63) is 84.1 Å². The van der Waals surface area contributed by atoms with E-state index in [1.807, 2.05) is 0 Å². The summed E-state index contributed by atoms with van der Waals surface area (Å²) in [6.07, 6.45) is 0.576. The smallest absolute Gasteiger partial charge is 0.323 e. The van der Waals surface area contributed by atoms with Gasteiger partial charge in [-0.1, -0.05) is 23.5 Å². The summed E-state index contributed by atoms with van der Waals surface area (Å²) < 4.78 is 19.6. The Balaban J connectivity index is 1.32. The highest BCUT2D eigenvalue weighted by molar-refractivity contribution is 8.00. The summed E-state index contributed by atoms with van der Waals surface area (Å²) in [5.74, 6) is -4.96. The van der Waals surface area contributed by atoms with E-state index in [-0.39, 0.29) is 40.2 Å². The van der Waals surface area contributed by atoms with Crippen molar-refractivity contribution < 1.29 is 33.5 Å². The van der Waals surface area contributed by atoms with Crippen LogP contribution in [0.3, 0.4) is 0 Å². The van der Waals surface area contributed by atoms with Gasteiger partial charge in [-0.05, 0) is 47.9 Å². The van der Waals surface area contributed by atoms with Crippen LogP contribution in [-0.2, 0) is 21.0 Å². The number of carbonyl (C=O) groups excluding carboxylic acids is 2. The van der Waals surface area contributed by atoms with Gasteiger partial charge in [-0.3, -0.25) is 34.2 Å². The maximum absolute atomic E-state index is 13.4. The normalized spacial score (nSPS) is 28.9. The highest BCUT2D eigenvalue weighted by Crippen LogP contribution is 2.69. The zero-order valence-electron chi connectivity index (χ0n) is 21.6. The number of nitro groups is 1. The molecule has 3 heterocycles. The lowest BCUT2D eigenvalue weighted by molar-refractivity contribution is -0.385. The third-order valence-corrected chi connectivity index (χ3v) is 11.5. The summed E-state index contributed by atoms with van der Waals surface area (Å²) in [6.45, 7) is -0.631. The molecule has 2 aromatic carbocycles. The number of ether oxygens (including phenoxy) is 1. The molecule has 7 rings (SSSR count). The lowest BCUT2D eigenvalue weighted by Crippen LogP contribution is -2.42. The largest absolute Gasteiger partial charge is 0.489 e. The second-order valence-corrected chi connectivity index (χ2v) is 13.2. The number of benzene rings is 2. The molecule has 7 atom stereocenters. The van der Waals surface area contributed by atoms with Crippen molar-refractivity contribution >= 4 is 46.6 Å². The van der Waals surface area contributed by atoms with E-state index in [0.29, 0.717) is 33.2 Å². The predicted molar refractivity (Wildman–Crippen MR) is 147 cm³/mol. The molecule has 1 aromatic heterocycles. The van der Waals surface area contributed by atoms with E-state index in [4.69, 9.17) is 4.74 Å². The third kappa shape index (κ3) is 4.07. The van der Waals surface area contributed by atoms with Gasteiger partial charge in [0, 0.05) is 33.7 Å². The van der Waals surface area contributed by atoms with Crippen LogP contribution >= 0.6 is 23.1 Å². The van der Waals surface area contributed by atoms with Crippen molar-refractivity contribution in [2.75, 3.05) is 6.54 Å². The number of H-pyrrole nitrogens is 1. The van der Waals surface area contributed by atoms with Crippen molar-refractivity contribution in [3.8, 4) is 5.75 Å². The van der Waals surface area contributed by atoms with E-state index in [9.17, 15) is 38.8 Å². The van der Waals surface area contributed by atoms with Crippen molar-refractivity contribution in [1.29, 1.82) is 0 Å². The molecule has 0 radical (unpaired) electrons. The molecule has 14 heteroatoms. The molecule has 0 unspecified atom stereocenters. The van der Waals surface area contributed by atoms with Crippen LogP contribution in [0.2, 0.25) is 0 Å². The highest BCUT2D eigenvalue weighted by atomic mass is 32.2. The number of fused-ring (bicyclic) bond motifs is 9. The number of nitro benzene ring substituents is 1. The molecule has 2 bridgehead atoms. The van der Waals surface area contributed by atoms with Gasteiger partial charge in [0.15, 0.2) is 0 Å². The number of amides is 2. The molecule has 3 fully saturated rings. The minimum Gasteiger partial charge on any atom is -0.489 e. The number of hydrogen-bond donors (Lipinski definition) is 2. The Hall–Kier alpha value is -4.04. The van der Waals surface area contributed by atoms with Gasteiger partial charge >= 0.3 is 10.8 Å². The van der Waals surface area contributed by atoms with Crippen LogP contribution in [0.15, 0.2) is 52.3 Å². The van der Waals surface area contributed by atoms with Crippen molar-refractivity contribution in [2.24, 2.45) is 29.6 Å². The standard InChI is InChI=1S/C28H22FN3O8S2/c29-12-3-1-11(2-4-12)10-40-17-6-5-13(32(38)39)7-14(17)19-20-15-8-16(23(20)41-25-24(19)42-28(37)30-25)22-21(15)26(35)31(27(22)36)9-18(33)34/h1-7,15-16,19-23H,8-10H2,(H,30,37)(H,33,34)/t15-,16+,19-,20+,21+,22+,23+/m0/s1. The van der Waals surface area contributed by atoms with Crippen LogP contribution in [0.5, 0.6) is 5.75 Å². The van der Waals surface area contributed by atoms with Crippen molar-refractivity contribution in [3.63, 3.8) is 0 Å². The van der Waals surface area contributed by atoms with E-state index < -0.39 is 52.8 Å². The number of non-ortho nitro benzene ring substituents is 1. The highest BCUT2D eigenvalue weighted by Gasteiger charge is 2.69. The number of aliphatic carboxylic acids is 1. The van der Waals surface area contributed by atoms with Crippen LogP contribution in [-0.4, -0.2) is 49.5 Å². The molecule has 3 aromatic rings. The van der Waals surface area contributed by atoms with E-state index >= 15 is 0 Å². The van der Waals surface area contributed by atoms with Gasteiger partial charge in [-0.25, -0.2) is 4.39 Å². The van der Waals surface area contributed by atoms with Crippen molar-refractivity contribution in [1.82, 2.24) is 9.88 Å². The average molecular weight is 612 g/mol. The van der Waals surface area contributed by atoms with E-state index in [1.165, 1.54) is 42.1 Å². The van der Waals surface area contributed by atoms with Gasteiger partial charge in [0.2, 0.25) is 11.8 Å². The summed E-state index contributed by atoms with van der Waals surface area (Å²) in [5.41, 5.74) is 1.00. The van der Waals surface area contributed by atoms with Crippen LogP contribution in [0.25, 0.3) is 0 Å². The summed E-state index contributed by atoms with van der Waals surface area (Å²) in [4.78, 5) is 66.2. The molecule has 42 heavy (non-hydrogen) atoms. The number of nitrogens with zero attached hydrogens (tertiary/aromatic N) is 2. The Kier molecular flexibility index (Phi) is 6.24. The van der Waals surface area contributed by atoms with Crippen LogP contribution in [0.4, 0.5) is 10.1 Å². The lowest BCUT2D eigenvalue weighted by atomic mass is 9.68. The molecule has 2 saturated carbocycles. The first-order chi connectivity index (χ1) is 20.1. The number of hydrogen-bond acceptors (Lipinski definition) is 9. The van der Waals surface area contributed by atoms with Gasteiger partial charge in [0.1, 0.15) is 24.7 Å². The average Bonchev–Trinajstić information content (AvgIpc) is 3.68. The number of carboxylic acids is 1. The monoisotopic (exact) mass is 611 g/mol. The second-order valence-electron chi connectivity index (χ2n) is 11.0. The number of aromatic amines is 1. The first-order valence-corrected chi connectivity index (χ1v) is 14.9. The number of carbonyl (C=O) groups is 3. The fourth-order valence-electron chi connectivity index (χ4n) is 7.48. The van der Waals surface area contributed by atoms with Crippen LogP contribution < -0.4 is 9.61 Å². The Morgan fingerprint density at radius 1 is 1.12 bits per heavy atom. The maximum atomic E-state index is 13.4. The van der Waals surface area contributed by atoms with Crippen molar-refractivity contribution in [2.45, 2.75) is 29.2 Å². The SMILES string of the molecule is O=C(O)CN1C(=O)[C@@H]2[C@H]3C[C@@H]([C@H]4Sc5[nH]c(=O)sc5[C@@H](c5cc([N+](=O)[O-])ccc5OCc5ccc(F)cc5)[C@@H]34)[C@H]2C1=O. The predicted octanol–water partition coefficient (Wildman–Crippen LogP) is 3.62. The Labute approximate surface area is 244 Å². The van der Waals surface area contributed by atoms with Gasteiger partial charge in [0.25, 0.3) is 5.69 Å². The molecule has 11 nitrogen and oxygen atoms in total. The molecule has 0 spiro atoms. The molecular formula is C28H22FN3O8S2. The molecular weight excluding hydrogens is 589 g/mol. The fraction of sp³-hybridized carbons (Fsp3) is 0.357. The van der Waals surface area contributed by atoms with E-state index in [0.717, 1.165) is 16.2 Å². The number of thioether (sulfide) groups is 1. The van der Waals surface area contributed by atoms with Gasteiger partial charge in [0.05, 0.1) is 21.8 Å². The molecule has 2 N–H and O–H groups in total. The van der Waals surface area contributed by atoms with Gasteiger partial charge in [-0.15, -0.1) is 11.8 Å². The number of rotatable bonds is 7. The van der Waals surface area contributed by atoms with E-state index in [2.05, 4.69) is 4.98 Å². The second kappa shape index (κ2) is 9.76. The Morgan fingerprint density at radius 2 is 1.83 bits per heavy atom. The molecule has 2 amide bonds. The minimum atomic E-state index is -1.27. The topological polar surface area (TPSA) is 160 Å².